The van der Waals surface area contributed by atoms with Crippen molar-refractivity contribution in [3.05, 3.63) is 70.5 Å². The van der Waals surface area contributed by atoms with Crippen molar-refractivity contribution in [1.82, 2.24) is 14.7 Å². The summed E-state index contributed by atoms with van der Waals surface area (Å²) in [4.78, 5) is 32.2. The molecular weight excluding hydrogens is 461 g/mol. The highest BCUT2D eigenvalue weighted by atomic mass is 19.1. The van der Waals surface area contributed by atoms with Crippen LogP contribution in [0.2, 0.25) is 0 Å². The van der Waals surface area contributed by atoms with Crippen molar-refractivity contribution in [1.29, 1.82) is 0 Å². The van der Waals surface area contributed by atoms with E-state index in [1.54, 1.807) is 35.2 Å². The van der Waals surface area contributed by atoms with Gasteiger partial charge in [0, 0.05) is 43.3 Å². The lowest BCUT2D eigenvalue weighted by Crippen LogP contribution is -2.56. The molecule has 4 heterocycles. The molecule has 3 saturated heterocycles. The van der Waals surface area contributed by atoms with Crippen LogP contribution in [0.5, 0.6) is 0 Å². The third kappa shape index (κ3) is 4.31. The number of rotatable bonds is 3. The van der Waals surface area contributed by atoms with Crippen molar-refractivity contribution in [2.45, 2.75) is 56.5 Å². The minimum absolute atomic E-state index is 0.00637. The Morgan fingerprint density at radius 1 is 0.889 bits per heavy atom. The molecule has 6 rings (SSSR count). The van der Waals surface area contributed by atoms with E-state index in [9.17, 15) is 19.1 Å². The highest BCUT2D eigenvalue weighted by Crippen LogP contribution is 2.31. The van der Waals surface area contributed by atoms with Gasteiger partial charge in [-0.3, -0.25) is 14.5 Å². The van der Waals surface area contributed by atoms with Crippen LogP contribution < -0.4 is 0 Å². The Kier molecular flexibility index (Phi) is 6.27. The standard InChI is InChI=1S/C28H32FN3O4/c29-22-6-5-21-14-30(11-9-20(21)13-22)25-10-12-31(15-26(25)33)27(34)18-1-3-19(4-2-18)28(35)32-23-7-8-24(32)17-36-16-23/h1-6,13,23-26,33H,7-12,14-17H2/t23?,24?,25-,26-/m1/s1. The molecule has 190 valence electrons. The number of nitrogens with zero attached hydrogens (tertiary/aromatic N) is 3. The first kappa shape index (κ1) is 23.6. The van der Waals surface area contributed by atoms with Crippen molar-refractivity contribution in [2.75, 3.05) is 32.8 Å². The highest BCUT2D eigenvalue weighted by Gasteiger charge is 2.41. The number of carbonyl (C=O) groups is 2. The van der Waals surface area contributed by atoms with E-state index < -0.39 is 6.10 Å². The monoisotopic (exact) mass is 493 g/mol. The van der Waals surface area contributed by atoms with Crippen molar-refractivity contribution in [3.8, 4) is 0 Å². The van der Waals surface area contributed by atoms with Crippen LogP contribution in [-0.2, 0) is 17.7 Å². The smallest absolute Gasteiger partial charge is 0.254 e. The number of likely N-dealkylation sites (tertiary alicyclic amines) is 1. The quantitative estimate of drug-likeness (QED) is 0.711. The number of fused-ring (bicyclic) bond motifs is 3. The van der Waals surface area contributed by atoms with Gasteiger partial charge in [0.2, 0.25) is 0 Å². The van der Waals surface area contributed by atoms with Crippen LogP contribution in [0.15, 0.2) is 42.5 Å². The fourth-order valence-corrected chi connectivity index (χ4v) is 6.40. The molecule has 1 N–H and O–H groups in total. The third-order valence-electron chi connectivity index (χ3n) is 8.37. The second-order valence-corrected chi connectivity index (χ2v) is 10.5. The van der Waals surface area contributed by atoms with E-state index in [0.29, 0.717) is 43.9 Å². The van der Waals surface area contributed by atoms with E-state index in [0.717, 1.165) is 36.9 Å². The number of morpholine rings is 1. The van der Waals surface area contributed by atoms with Crippen molar-refractivity contribution < 1.29 is 23.8 Å². The molecule has 0 aromatic heterocycles. The maximum absolute atomic E-state index is 13.5. The second kappa shape index (κ2) is 9.57. The largest absolute Gasteiger partial charge is 0.390 e. The predicted octanol–water partition coefficient (Wildman–Crippen LogP) is 2.46. The number of benzene rings is 2. The summed E-state index contributed by atoms with van der Waals surface area (Å²) in [7, 11) is 0. The molecule has 4 aliphatic rings. The molecule has 0 spiro atoms. The zero-order chi connectivity index (χ0) is 24.8. The number of ether oxygens (including phenoxy) is 1. The summed E-state index contributed by atoms with van der Waals surface area (Å²) >= 11 is 0. The summed E-state index contributed by atoms with van der Waals surface area (Å²) in [6, 6.07) is 12.1. The zero-order valence-electron chi connectivity index (χ0n) is 20.3. The Morgan fingerprint density at radius 2 is 1.58 bits per heavy atom. The lowest BCUT2D eigenvalue weighted by Gasteiger charge is -2.43. The number of β-amino-alcohol motifs (C(OH)–C–C–N with tert-alkyl or cyclic N) is 1. The average molecular weight is 494 g/mol. The van der Waals surface area contributed by atoms with E-state index in [1.165, 1.54) is 6.07 Å². The Balaban J connectivity index is 1.07. The van der Waals surface area contributed by atoms with Crippen LogP contribution in [-0.4, -0.2) is 88.7 Å². The van der Waals surface area contributed by atoms with Gasteiger partial charge in [-0.15, -0.1) is 0 Å². The van der Waals surface area contributed by atoms with Gasteiger partial charge in [-0.05, 0) is 73.2 Å². The average Bonchev–Trinajstić information content (AvgIpc) is 3.15. The summed E-state index contributed by atoms with van der Waals surface area (Å²) in [6.45, 7) is 3.48. The van der Waals surface area contributed by atoms with Crippen molar-refractivity contribution in [2.24, 2.45) is 0 Å². The fraction of sp³-hybridized carbons (Fsp3) is 0.500. The van der Waals surface area contributed by atoms with Crippen molar-refractivity contribution in [3.63, 3.8) is 0 Å². The zero-order valence-corrected chi connectivity index (χ0v) is 20.3. The number of hydrogen-bond acceptors (Lipinski definition) is 5. The van der Waals surface area contributed by atoms with Crippen LogP contribution in [0.3, 0.4) is 0 Å². The molecule has 4 atom stereocenters. The van der Waals surface area contributed by atoms with Gasteiger partial charge in [0.1, 0.15) is 5.82 Å². The van der Waals surface area contributed by atoms with Gasteiger partial charge in [-0.2, -0.15) is 0 Å². The number of carbonyl (C=O) groups excluding carboxylic acids is 2. The molecule has 4 aliphatic heterocycles. The van der Waals surface area contributed by atoms with Crippen LogP contribution in [0.1, 0.15) is 51.1 Å². The fourth-order valence-electron chi connectivity index (χ4n) is 6.40. The van der Waals surface area contributed by atoms with Crippen LogP contribution in [0, 0.1) is 5.82 Å². The minimum Gasteiger partial charge on any atom is -0.390 e. The summed E-state index contributed by atoms with van der Waals surface area (Å²) in [5, 5.41) is 10.9. The van der Waals surface area contributed by atoms with Gasteiger partial charge in [0.25, 0.3) is 11.8 Å². The molecule has 8 heteroatoms. The molecule has 2 aromatic rings. The SMILES string of the molecule is O=C(c1ccc(C(=O)N2C3CCC2COC3)cc1)N1CC[C@@H](N2CCc3cc(F)ccc3C2)[C@H](O)C1. The second-order valence-electron chi connectivity index (χ2n) is 10.5. The molecule has 7 nitrogen and oxygen atoms in total. The van der Waals surface area contributed by atoms with E-state index in [-0.39, 0.29) is 42.3 Å². The molecule has 36 heavy (non-hydrogen) atoms. The summed E-state index contributed by atoms with van der Waals surface area (Å²) in [5.74, 6) is -0.330. The molecule has 0 aliphatic carbocycles. The highest BCUT2D eigenvalue weighted by molar-refractivity contribution is 5.98. The molecule has 2 unspecified atom stereocenters. The molecule has 0 radical (unpaired) electrons. The number of aliphatic hydroxyl groups excluding tert-OH is 1. The Labute approximate surface area is 210 Å². The summed E-state index contributed by atoms with van der Waals surface area (Å²) in [5.41, 5.74) is 3.26. The predicted molar refractivity (Wildman–Crippen MR) is 131 cm³/mol. The van der Waals surface area contributed by atoms with Gasteiger partial charge in [0.05, 0.1) is 31.4 Å². The minimum atomic E-state index is -0.651. The summed E-state index contributed by atoms with van der Waals surface area (Å²) < 4.78 is 19.1. The van der Waals surface area contributed by atoms with Gasteiger partial charge < -0.3 is 19.6 Å². The Morgan fingerprint density at radius 3 is 2.28 bits per heavy atom. The van der Waals surface area contributed by atoms with Gasteiger partial charge in [0.15, 0.2) is 0 Å². The Bertz CT molecular complexity index is 1140. The lowest BCUT2D eigenvalue weighted by molar-refractivity contribution is -0.0137. The van der Waals surface area contributed by atoms with Crippen LogP contribution in [0.4, 0.5) is 4.39 Å². The van der Waals surface area contributed by atoms with Gasteiger partial charge in [-0.1, -0.05) is 6.07 Å². The number of piperidine rings is 1. The molecule has 2 bridgehead atoms. The van der Waals surface area contributed by atoms with E-state index in [1.807, 2.05) is 11.0 Å². The molecular formula is C28H32FN3O4. The maximum Gasteiger partial charge on any atom is 0.254 e. The number of halogens is 1. The number of amides is 2. The van der Waals surface area contributed by atoms with E-state index >= 15 is 0 Å². The first-order valence-corrected chi connectivity index (χ1v) is 13.0. The topological polar surface area (TPSA) is 73.3 Å². The maximum atomic E-state index is 13.5. The normalized spacial score (nSPS) is 28.2. The van der Waals surface area contributed by atoms with E-state index in [2.05, 4.69) is 4.90 Å². The molecule has 0 saturated carbocycles. The molecule has 3 fully saturated rings. The van der Waals surface area contributed by atoms with Gasteiger partial charge in [-0.25, -0.2) is 4.39 Å². The lowest BCUT2D eigenvalue weighted by atomic mass is 9.93. The van der Waals surface area contributed by atoms with Crippen molar-refractivity contribution >= 4 is 11.8 Å². The van der Waals surface area contributed by atoms with E-state index in [4.69, 9.17) is 4.74 Å². The molecule has 2 aromatic carbocycles. The summed E-state index contributed by atoms with van der Waals surface area (Å²) in [6.07, 6.45) is 2.75. The number of hydrogen-bond donors (Lipinski definition) is 1. The first-order valence-electron chi connectivity index (χ1n) is 13.0. The number of aliphatic hydroxyl groups is 1. The third-order valence-corrected chi connectivity index (χ3v) is 8.37. The van der Waals surface area contributed by atoms with Gasteiger partial charge >= 0.3 is 0 Å². The van der Waals surface area contributed by atoms with Crippen LogP contribution in [0.25, 0.3) is 0 Å². The Hall–Kier alpha value is -2.81. The molecule has 2 amide bonds. The first-order chi connectivity index (χ1) is 17.5. The van der Waals surface area contributed by atoms with Crippen LogP contribution >= 0.6 is 0 Å².